The molecule has 37 heavy (non-hydrogen) atoms. The molecule has 0 aliphatic carbocycles. The van der Waals surface area contributed by atoms with Crippen molar-refractivity contribution < 1.29 is 22.7 Å². The summed E-state index contributed by atoms with van der Waals surface area (Å²) in [7, 11) is -3.43. The molecule has 3 aromatic rings. The highest BCUT2D eigenvalue weighted by Crippen LogP contribution is 2.32. The van der Waals surface area contributed by atoms with Crippen LogP contribution >= 0.6 is 11.6 Å². The van der Waals surface area contributed by atoms with Gasteiger partial charge in [0.25, 0.3) is 0 Å². The second-order valence-electron chi connectivity index (χ2n) is 8.78. The Morgan fingerprint density at radius 3 is 2.81 bits per heavy atom. The van der Waals surface area contributed by atoms with Crippen molar-refractivity contribution >= 4 is 33.3 Å². The van der Waals surface area contributed by atoms with E-state index in [1.54, 1.807) is 29.4 Å². The largest absolute Gasteiger partial charge is 0.454 e. The lowest BCUT2D eigenvalue weighted by Crippen LogP contribution is -2.56. The highest BCUT2D eigenvalue weighted by Gasteiger charge is 2.34. The summed E-state index contributed by atoms with van der Waals surface area (Å²) in [6.45, 7) is 1.39. The maximum absolute atomic E-state index is 12.9. The van der Waals surface area contributed by atoms with Crippen LogP contribution in [0.3, 0.4) is 0 Å². The first-order valence-corrected chi connectivity index (χ1v) is 13.9. The number of fused-ring (bicyclic) bond motifs is 1. The van der Waals surface area contributed by atoms with Crippen LogP contribution in [0.1, 0.15) is 12.0 Å². The average molecular weight is 548 g/mol. The van der Waals surface area contributed by atoms with Crippen LogP contribution in [-0.2, 0) is 21.2 Å². The number of aromatic nitrogens is 4. The first-order chi connectivity index (χ1) is 17.8. The Morgan fingerprint density at radius 1 is 1.19 bits per heavy atom. The standard InChI is InChI=1S/C23H26ClN7O5S/c1-37(33,34)30-8-9-31(21-12-20(24)27-23(28-21)29-7-6-25-14-29)17(13-30)11-22(32)26-5-4-16-2-3-18-19(10-16)36-15-35-18/h2-3,6-7,10,12,14,17H,4-5,8-9,11,13,15H2,1H3,(H,26,32). The maximum Gasteiger partial charge on any atom is 0.238 e. The minimum atomic E-state index is -3.43. The summed E-state index contributed by atoms with van der Waals surface area (Å²) < 4.78 is 38.3. The summed E-state index contributed by atoms with van der Waals surface area (Å²) in [5.74, 6) is 2.05. The molecule has 2 aromatic heterocycles. The van der Waals surface area contributed by atoms with Gasteiger partial charge in [-0.15, -0.1) is 0 Å². The van der Waals surface area contributed by atoms with Gasteiger partial charge in [0.05, 0.1) is 12.3 Å². The van der Waals surface area contributed by atoms with Crippen molar-refractivity contribution in [3.05, 3.63) is 53.7 Å². The zero-order valence-electron chi connectivity index (χ0n) is 20.1. The van der Waals surface area contributed by atoms with E-state index < -0.39 is 16.1 Å². The molecule has 1 N–H and O–H groups in total. The number of hydrogen-bond donors (Lipinski definition) is 1. The molecule has 1 aromatic carbocycles. The molecular weight excluding hydrogens is 522 g/mol. The lowest BCUT2D eigenvalue weighted by Gasteiger charge is -2.41. The molecule has 2 aliphatic heterocycles. The van der Waals surface area contributed by atoms with Crippen LogP contribution in [-0.4, -0.2) is 83.4 Å². The SMILES string of the molecule is CS(=O)(=O)N1CCN(c2cc(Cl)nc(-n3ccnc3)n2)C(CC(=O)NCCc2ccc3c(c2)OCO3)C1. The van der Waals surface area contributed by atoms with Crippen LogP contribution in [0.2, 0.25) is 5.15 Å². The highest BCUT2D eigenvalue weighted by atomic mass is 35.5. The number of piperazine rings is 1. The van der Waals surface area contributed by atoms with Gasteiger partial charge in [0.2, 0.25) is 28.7 Å². The molecule has 2 aliphatic rings. The third kappa shape index (κ3) is 5.95. The number of carbonyl (C=O) groups excluding carboxylic acids is 1. The number of carbonyl (C=O) groups is 1. The third-order valence-electron chi connectivity index (χ3n) is 6.21. The molecule has 4 heterocycles. The van der Waals surface area contributed by atoms with Crippen LogP contribution in [0, 0.1) is 0 Å². The molecule has 0 spiro atoms. The van der Waals surface area contributed by atoms with Gasteiger partial charge in [0.1, 0.15) is 17.3 Å². The number of nitrogens with zero attached hydrogens (tertiary/aromatic N) is 6. The van der Waals surface area contributed by atoms with E-state index in [4.69, 9.17) is 21.1 Å². The second kappa shape index (κ2) is 10.5. The maximum atomic E-state index is 12.9. The predicted octanol–water partition coefficient (Wildman–Crippen LogP) is 1.24. The summed E-state index contributed by atoms with van der Waals surface area (Å²) >= 11 is 6.29. The van der Waals surface area contributed by atoms with Crippen molar-refractivity contribution in [1.82, 2.24) is 29.1 Å². The van der Waals surface area contributed by atoms with E-state index in [1.165, 1.54) is 10.6 Å². The fraction of sp³-hybridized carbons (Fsp3) is 0.391. The van der Waals surface area contributed by atoms with Crippen molar-refractivity contribution in [3.8, 4) is 17.4 Å². The number of rotatable bonds is 8. The summed E-state index contributed by atoms with van der Waals surface area (Å²) in [6.07, 6.45) is 6.72. The number of halogens is 1. The van der Waals surface area contributed by atoms with Crippen LogP contribution in [0.4, 0.5) is 5.82 Å². The van der Waals surface area contributed by atoms with Gasteiger partial charge in [0, 0.05) is 51.1 Å². The number of hydrogen-bond acceptors (Lipinski definition) is 9. The Hall–Kier alpha value is -3.42. The minimum Gasteiger partial charge on any atom is -0.454 e. The van der Waals surface area contributed by atoms with E-state index in [0.717, 1.165) is 5.56 Å². The van der Waals surface area contributed by atoms with Crippen molar-refractivity contribution in [2.75, 3.05) is 44.1 Å². The fourth-order valence-electron chi connectivity index (χ4n) is 4.37. The molecule has 14 heteroatoms. The summed E-state index contributed by atoms with van der Waals surface area (Å²) in [5, 5.41) is 3.17. The number of ether oxygens (including phenoxy) is 2. The first kappa shape index (κ1) is 25.2. The Morgan fingerprint density at radius 2 is 2.03 bits per heavy atom. The number of imidazole rings is 1. The Labute approximate surface area is 219 Å². The first-order valence-electron chi connectivity index (χ1n) is 11.7. The number of anilines is 1. The van der Waals surface area contributed by atoms with Gasteiger partial charge >= 0.3 is 0 Å². The highest BCUT2D eigenvalue weighted by molar-refractivity contribution is 7.88. The van der Waals surface area contributed by atoms with Gasteiger partial charge in [-0.25, -0.2) is 18.4 Å². The van der Waals surface area contributed by atoms with E-state index >= 15 is 0 Å². The fourth-order valence-corrected chi connectivity index (χ4v) is 5.40. The van der Waals surface area contributed by atoms with E-state index in [9.17, 15) is 13.2 Å². The van der Waals surface area contributed by atoms with Crippen LogP contribution in [0.15, 0.2) is 43.0 Å². The smallest absolute Gasteiger partial charge is 0.238 e. The van der Waals surface area contributed by atoms with Gasteiger partial charge < -0.3 is 19.7 Å². The van der Waals surface area contributed by atoms with E-state index in [2.05, 4.69) is 20.3 Å². The molecule has 196 valence electrons. The molecular formula is C23H26ClN7O5S. The molecule has 5 rings (SSSR count). The van der Waals surface area contributed by atoms with Crippen LogP contribution in [0.25, 0.3) is 5.95 Å². The normalized spacial score (nSPS) is 17.7. The molecule has 1 atom stereocenters. The van der Waals surface area contributed by atoms with E-state index in [-0.39, 0.29) is 37.4 Å². The molecule has 1 unspecified atom stereocenters. The molecule has 12 nitrogen and oxygen atoms in total. The molecule has 0 bridgehead atoms. The molecule has 1 fully saturated rings. The summed E-state index contributed by atoms with van der Waals surface area (Å²) in [4.78, 5) is 27.7. The molecule has 0 radical (unpaired) electrons. The molecule has 0 saturated carbocycles. The van der Waals surface area contributed by atoms with Gasteiger partial charge in [-0.2, -0.15) is 9.29 Å². The van der Waals surface area contributed by atoms with Gasteiger partial charge in [-0.05, 0) is 24.1 Å². The zero-order valence-corrected chi connectivity index (χ0v) is 21.7. The van der Waals surface area contributed by atoms with Crippen molar-refractivity contribution in [1.29, 1.82) is 0 Å². The number of amides is 1. The molecule has 1 saturated heterocycles. The quantitative estimate of drug-likeness (QED) is 0.414. The predicted molar refractivity (Wildman–Crippen MR) is 136 cm³/mol. The Bertz CT molecular complexity index is 1390. The topological polar surface area (TPSA) is 132 Å². The third-order valence-corrected chi connectivity index (χ3v) is 7.67. The zero-order chi connectivity index (χ0) is 26.0. The minimum absolute atomic E-state index is 0.0786. The average Bonchev–Trinajstić information content (AvgIpc) is 3.55. The van der Waals surface area contributed by atoms with E-state index in [1.807, 2.05) is 23.1 Å². The van der Waals surface area contributed by atoms with Crippen molar-refractivity contribution in [3.63, 3.8) is 0 Å². The second-order valence-corrected chi connectivity index (χ2v) is 11.1. The summed E-state index contributed by atoms with van der Waals surface area (Å²) in [5.41, 5.74) is 1.01. The van der Waals surface area contributed by atoms with E-state index in [0.29, 0.717) is 42.8 Å². The monoisotopic (exact) mass is 547 g/mol. The molecule has 1 amide bonds. The van der Waals surface area contributed by atoms with Gasteiger partial charge in [-0.1, -0.05) is 17.7 Å². The van der Waals surface area contributed by atoms with Crippen LogP contribution < -0.4 is 19.7 Å². The number of sulfonamides is 1. The lowest BCUT2D eigenvalue weighted by atomic mass is 10.1. The number of nitrogens with one attached hydrogen (secondary N) is 1. The van der Waals surface area contributed by atoms with Crippen LogP contribution in [0.5, 0.6) is 11.5 Å². The van der Waals surface area contributed by atoms with Gasteiger partial charge in [-0.3, -0.25) is 9.36 Å². The lowest BCUT2D eigenvalue weighted by molar-refractivity contribution is -0.121. The van der Waals surface area contributed by atoms with Crippen molar-refractivity contribution in [2.45, 2.75) is 18.9 Å². The van der Waals surface area contributed by atoms with Gasteiger partial charge in [0.15, 0.2) is 11.5 Å². The number of benzene rings is 1. The summed E-state index contributed by atoms with van der Waals surface area (Å²) in [6, 6.07) is 6.85. The Kier molecular flexibility index (Phi) is 7.17. The van der Waals surface area contributed by atoms with Crippen molar-refractivity contribution in [2.24, 2.45) is 0 Å². The Balaban J connectivity index is 1.28.